The molecule has 0 amide bonds. The summed E-state index contributed by atoms with van der Waals surface area (Å²) >= 11 is 1.57. The summed E-state index contributed by atoms with van der Waals surface area (Å²) in [6.07, 6.45) is 2.14. The van der Waals surface area contributed by atoms with Crippen LogP contribution in [-0.4, -0.2) is 24.7 Å². The number of hydrogen-bond donors (Lipinski definition) is 0. The van der Waals surface area contributed by atoms with Gasteiger partial charge in [-0.25, -0.2) is 4.79 Å². The van der Waals surface area contributed by atoms with Gasteiger partial charge in [-0.1, -0.05) is 18.2 Å². The lowest BCUT2D eigenvalue weighted by Gasteiger charge is -2.16. The number of thiophene rings is 1. The van der Waals surface area contributed by atoms with Crippen LogP contribution in [0.5, 0.6) is 5.75 Å². The van der Waals surface area contributed by atoms with E-state index in [2.05, 4.69) is 0 Å². The van der Waals surface area contributed by atoms with Crippen LogP contribution < -0.4 is 4.74 Å². The zero-order chi connectivity index (χ0) is 17.4. The lowest BCUT2D eigenvalue weighted by atomic mass is 9.96. The highest BCUT2D eigenvalue weighted by atomic mass is 32.1. The third-order valence-corrected chi connectivity index (χ3v) is 5.35. The molecular formula is C20H19NO3S. The minimum atomic E-state index is -0.298. The van der Waals surface area contributed by atoms with Crippen molar-refractivity contribution in [2.24, 2.45) is 0 Å². The number of rotatable bonds is 5. The van der Waals surface area contributed by atoms with Crippen molar-refractivity contribution < 1.29 is 14.3 Å². The maximum Gasteiger partial charge on any atom is 0.340 e. The fraction of sp³-hybridized carbons (Fsp3) is 0.300. The van der Waals surface area contributed by atoms with Crippen LogP contribution >= 0.6 is 11.3 Å². The Bertz CT molecular complexity index is 943. The van der Waals surface area contributed by atoms with Crippen molar-refractivity contribution in [3.8, 4) is 16.2 Å². The minimum absolute atomic E-state index is 0.298. The first-order valence-electron chi connectivity index (χ1n) is 8.46. The second-order valence-corrected chi connectivity index (χ2v) is 6.99. The Morgan fingerprint density at radius 2 is 2.08 bits per heavy atom. The summed E-state index contributed by atoms with van der Waals surface area (Å²) in [6, 6.07) is 9.89. The van der Waals surface area contributed by atoms with Gasteiger partial charge in [-0.15, -0.1) is 11.3 Å². The molecule has 3 aromatic rings. The van der Waals surface area contributed by atoms with E-state index in [1.165, 1.54) is 0 Å². The first-order valence-corrected chi connectivity index (χ1v) is 9.34. The highest BCUT2D eigenvalue weighted by molar-refractivity contribution is 7.14. The average molecular weight is 353 g/mol. The van der Waals surface area contributed by atoms with Crippen LogP contribution in [0.4, 0.5) is 0 Å². The number of pyridine rings is 1. The smallest absolute Gasteiger partial charge is 0.340 e. The van der Waals surface area contributed by atoms with E-state index in [-0.39, 0.29) is 5.97 Å². The molecule has 1 saturated carbocycles. The van der Waals surface area contributed by atoms with Crippen LogP contribution in [0.3, 0.4) is 0 Å². The van der Waals surface area contributed by atoms with E-state index < -0.39 is 0 Å². The van der Waals surface area contributed by atoms with Gasteiger partial charge in [0.05, 0.1) is 35.4 Å². The molecule has 128 valence electrons. The summed E-state index contributed by atoms with van der Waals surface area (Å²) in [5, 5.41) is 2.94. The van der Waals surface area contributed by atoms with Gasteiger partial charge >= 0.3 is 5.97 Å². The Hall–Kier alpha value is -2.40. The predicted octanol–water partition coefficient (Wildman–Crippen LogP) is 5.03. The molecule has 4 nitrogen and oxygen atoms in total. The summed E-state index contributed by atoms with van der Waals surface area (Å²) < 4.78 is 10.9. The second kappa shape index (κ2) is 6.48. The molecule has 2 aromatic heterocycles. The Balaban J connectivity index is 2.09. The molecule has 0 spiro atoms. The molecule has 0 unspecified atom stereocenters. The van der Waals surface area contributed by atoms with E-state index in [9.17, 15) is 4.79 Å². The van der Waals surface area contributed by atoms with Gasteiger partial charge in [0.25, 0.3) is 0 Å². The lowest BCUT2D eigenvalue weighted by Crippen LogP contribution is -2.12. The number of benzene rings is 1. The van der Waals surface area contributed by atoms with Crippen molar-refractivity contribution in [2.45, 2.75) is 25.7 Å². The van der Waals surface area contributed by atoms with Crippen molar-refractivity contribution in [1.82, 2.24) is 4.98 Å². The van der Waals surface area contributed by atoms with Gasteiger partial charge in [0.15, 0.2) is 0 Å². The van der Waals surface area contributed by atoms with E-state index in [0.717, 1.165) is 45.6 Å². The largest absolute Gasteiger partial charge is 0.495 e. The standard InChI is InChI=1S/C20H19NO3S/c1-3-24-20(22)17-16(19-15(23-2)10-11-25-19)13-6-4-5-7-14(13)21-18(17)12-8-9-12/h4-7,10-12H,3,8-9H2,1-2H3. The SMILES string of the molecule is CCOC(=O)c1c(C2CC2)nc2ccccc2c1-c1sccc1OC. The second-order valence-electron chi connectivity index (χ2n) is 6.08. The zero-order valence-electron chi connectivity index (χ0n) is 14.2. The Morgan fingerprint density at radius 3 is 2.80 bits per heavy atom. The number of methoxy groups -OCH3 is 1. The molecule has 1 aliphatic rings. The normalized spacial score (nSPS) is 13.8. The number of nitrogens with zero attached hydrogens (tertiary/aromatic N) is 1. The van der Waals surface area contributed by atoms with Crippen LogP contribution in [0.15, 0.2) is 35.7 Å². The third kappa shape index (κ3) is 2.78. The Labute approximate surface area is 150 Å². The van der Waals surface area contributed by atoms with Crippen molar-refractivity contribution in [2.75, 3.05) is 13.7 Å². The molecule has 1 aromatic carbocycles. The van der Waals surface area contributed by atoms with Gasteiger partial charge in [0.2, 0.25) is 0 Å². The maximum atomic E-state index is 12.9. The van der Waals surface area contributed by atoms with Crippen LogP contribution in [0.2, 0.25) is 0 Å². The van der Waals surface area contributed by atoms with Crippen molar-refractivity contribution in [1.29, 1.82) is 0 Å². The molecule has 0 aliphatic heterocycles. The van der Waals surface area contributed by atoms with Gasteiger partial charge in [0, 0.05) is 16.9 Å². The molecule has 0 N–H and O–H groups in total. The van der Waals surface area contributed by atoms with Gasteiger partial charge in [-0.05, 0) is 37.3 Å². The molecule has 0 radical (unpaired) electrons. The Kier molecular flexibility index (Phi) is 4.17. The molecule has 2 heterocycles. The number of aromatic nitrogens is 1. The number of esters is 1. The average Bonchev–Trinajstić information content (AvgIpc) is 3.37. The monoisotopic (exact) mass is 353 g/mol. The molecule has 5 heteroatoms. The fourth-order valence-corrected chi connectivity index (χ4v) is 4.09. The number of carbonyl (C=O) groups excluding carboxylic acids is 1. The summed E-state index contributed by atoms with van der Waals surface area (Å²) in [6.45, 7) is 2.17. The Morgan fingerprint density at radius 1 is 1.28 bits per heavy atom. The molecular weight excluding hydrogens is 334 g/mol. The number of carbonyl (C=O) groups is 1. The molecule has 0 bridgehead atoms. The molecule has 25 heavy (non-hydrogen) atoms. The van der Waals surface area contributed by atoms with Crippen LogP contribution in [0, 0.1) is 0 Å². The van der Waals surface area contributed by atoms with Crippen molar-refractivity contribution in [3.63, 3.8) is 0 Å². The number of ether oxygens (including phenoxy) is 2. The van der Waals surface area contributed by atoms with Gasteiger partial charge in [-0.3, -0.25) is 4.98 Å². The lowest BCUT2D eigenvalue weighted by molar-refractivity contribution is 0.0525. The van der Waals surface area contributed by atoms with Gasteiger partial charge < -0.3 is 9.47 Å². The molecule has 1 aliphatic carbocycles. The number of fused-ring (bicyclic) bond motifs is 1. The third-order valence-electron chi connectivity index (χ3n) is 4.44. The first kappa shape index (κ1) is 16.1. The van der Waals surface area contributed by atoms with E-state index in [1.807, 2.05) is 42.6 Å². The highest BCUT2D eigenvalue weighted by Crippen LogP contribution is 2.47. The van der Waals surface area contributed by atoms with Crippen LogP contribution in [0.25, 0.3) is 21.3 Å². The zero-order valence-corrected chi connectivity index (χ0v) is 15.1. The molecule has 1 fully saturated rings. The predicted molar refractivity (Wildman–Crippen MR) is 99.5 cm³/mol. The number of hydrogen-bond acceptors (Lipinski definition) is 5. The summed E-state index contributed by atoms with van der Waals surface area (Å²) in [5.41, 5.74) is 3.26. The quantitative estimate of drug-likeness (QED) is 0.604. The first-order chi connectivity index (χ1) is 12.2. The van der Waals surface area contributed by atoms with E-state index in [1.54, 1.807) is 18.4 Å². The van der Waals surface area contributed by atoms with Gasteiger partial charge in [-0.2, -0.15) is 0 Å². The van der Waals surface area contributed by atoms with Gasteiger partial charge in [0.1, 0.15) is 5.75 Å². The van der Waals surface area contributed by atoms with E-state index in [4.69, 9.17) is 14.5 Å². The maximum absolute atomic E-state index is 12.9. The summed E-state index contributed by atoms with van der Waals surface area (Å²) in [4.78, 5) is 18.6. The minimum Gasteiger partial charge on any atom is -0.495 e. The van der Waals surface area contributed by atoms with Crippen LogP contribution in [0.1, 0.15) is 41.7 Å². The molecule has 4 rings (SSSR count). The van der Waals surface area contributed by atoms with E-state index in [0.29, 0.717) is 18.1 Å². The summed E-state index contributed by atoms with van der Waals surface area (Å²) in [5.74, 6) is 0.815. The van der Waals surface area contributed by atoms with E-state index >= 15 is 0 Å². The number of para-hydroxylation sites is 1. The highest BCUT2D eigenvalue weighted by Gasteiger charge is 2.34. The molecule has 0 atom stereocenters. The topological polar surface area (TPSA) is 48.4 Å². The summed E-state index contributed by atoms with van der Waals surface area (Å²) in [7, 11) is 1.65. The molecule has 0 saturated heterocycles. The fourth-order valence-electron chi connectivity index (χ4n) is 3.17. The van der Waals surface area contributed by atoms with Crippen molar-refractivity contribution >= 4 is 28.2 Å². The van der Waals surface area contributed by atoms with Crippen molar-refractivity contribution in [3.05, 3.63) is 47.0 Å². The van der Waals surface area contributed by atoms with Crippen LogP contribution in [-0.2, 0) is 4.74 Å².